The molecule has 2 aliphatic carbocycles. The second-order valence-corrected chi connectivity index (χ2v) is 8.76. The number of aliphatic hydroxyl groups is 1. The fourth-order valence-electron chi connectivity index (χ4n) is 4.80. The van der Waals surface area contributed by atoms with Crippen LogP contribution < -0.4 is 0 Å². The van der Waals surface area contributed by atoms with Crippen LogP contribution in [0, 0.1) is 23.7 Å². The molecular formula is C23H34O5. The van der Waals surface area contributed by atoms with Crippen molar-refractivity contribution in [2.24, 2.45) is 23.7 Å². The fourth-order valence-corrected chi connectivity index (χ4v) is 4.80. The summed E-state index contributed by atoms with van der Waals surface area (Å²) in [5.41, 5.74) is 1.27. The van der Waals surface area contributed by atoms with Gasteiger partial charge in [0.15, 0.2) is 0 Å². The lowest BCUT2D eigenvalue weighted by Gasteiger charge is -2.42. The van der Waals surface area contributed by atoms with Gasteiger partial charge in [0.2, 0.25) is 0 Å². The first-order valence-electron chi connectivity index (χ1n) is 10.8. The zero-order valence-corrected chi connectivity index (χ0v) is 17.3. The van der Waals surface area contributed by atoms with Crippen LogP contribution in [0.5, 0.6) is 0 Å². The first-order chi connectivity index (χ1) is 13.4. The normalized spacial score (nSPS) is 36.1. The molecule has 1 heterocycles. The number of carbonyl (C=O) groups is 2. The average Bonchev–Trinajstić information content (AvgIpc) is 2.66. The Bertz CT molecular complexity index is 637. The molecule has 0 spiro atoms. The maximum atomic E-state index is 12.4. The Morgan fingerprint density at radius 1 is 1.39 bits per heavy atom. The number of hydrogen-bond acceptors (Lipinski definition) is 5. The van der Waals surface area contributed by atoms with E-state index in [-0.39, 0.29) is 42.4 Å². The number of aliphatic hydroxyl groups excluding tert-OH is 1. The number of carbonyl (C=O) groups excluding carboxylic acids is 2. The van der Waals surface area contributed by atoms with E-state index in [4.69, 9.17) is 9.47 Å². The van der Waals surface area contributed by atoms with Gasteiger partial charge >= 0.3 is 11.9 Å². The van der Waals surface area contributed by atoms with Crippen LogP contribution >= 0.6 is 0 Å². The van der Waals surface area contributed by atoms with E-state index in [1.165, 1.54) is 5.57 Å². The van der Waals surface area contributed by atoms with Crippen LogP contribution in [0.1, 0.15) is 65.7 Å². The van der Waals surface area contributed by atoms with Crippen LogP contribution in [-0.4, -0.2) is 35.4 Å². The summed E-state index contributed by atoms with van der Waals surface area (Å²) >= 11 is 0. The molecule has 3 rings (SSSR count). The molecule has 0 unspecified atom stereocenters. The Morgan fingerprint density at radius 3 is 2.89 bits per heavy atom. The lowest BCUT2D eigenvalue weighted by molar-refractivity contribution is -0.162. The quantitative estimate of drug-likeness (QED) is 0.695. The summed E-state index contributed by atoms with van der Waals surface area (Å²) in [4.78, 5) is 24.1. The summed E-state index contributed by atoms with van der Waals surface area (Å²) in [6.45, 7) is 6.14. The number of fused-ring (bicyclic) bond motifs is 1. The van der Waals surface area contributed by atoms with Gasteiger partial charge in [-0.3, -0.25) is 9.59 Å². The van der Waals surface area contributed by atoms with E-state index in [0.29, 0.717) is 18.3 Å². The van der Waals surface area contributed by atoms with Crippen molar-refractivity contribution >= 4 is 11.9 Å². The molecule has 0 saturated carbocycles. The van der Waals surface area contributed by atoms with Crippen molar-refractivity contribution in [3.05, 3.63) is 23.8 Å². The molecule has 5 heteroatoms. The molecule has 28 heavy (non-hydrogen) atoms. The van der Waals surface area contributed by atoms with Crippen LogP contribution in [0.15, 0.2) is 23.8 Å². The highest BCUT2D eigenvalue weighted by Gasteiger charge is 2.40. The van der Waals surface area contributed by atoms with Gasteiger partial charge in [-0.05, 0) is 49.5 Å². The largest absolute Gasteiger partial charge is 0.462 e. The third-order valence-corrected chi connectivity index (χ3v) is 6.69. The maximum absolute atomic E-state index is 12.4. The number of rotatable bonds is 6. The maximum Gasteiger partial charge on any atom is 0.308 e. The third-order valence-electron chi connectivity index (χ3n) is 6.69. The predicted molar refractivity (Wildman–Crippen MR) is 106 cm³/mol. The van der Waals surface area contributed by atoms with Gasteiger partial charge in [-0.25, -0.2) is 0 Å². The number of cyclic esters (lactones) is 1. The molecule has 1 fully saturated rings. The highest BCUT2D eigenvalue weighted by atomic mass is 16.5. The van der Waals surface area contributed by atoms with Gasteiger partial charge in [0.25, 0.3) is 0 Å². The number of hydrogen-bond donors (Lipinski definition) is 1. The van der Waals surface area contributed by atoms with E-state index in [0.717, 1.165) is 32.1 Å². The molecule has 0 aromatic carbocycles. The Labute approximate surface area is 168 Å². The number of esters is 2. The molecule has 0 amide bonds. The smallest absolute Gasteiger partial charge is 0.308 e. The Morgan fingerprint density at radius 2 is 2.18 bits per heavy atom. The molecule has 3 aliphatic rings. The molecule has 5 nitrogen and oxygen atoms in total. The van der Waals surface area contributed by atoms with E-state index in [9.17, 15) is 14.7 Å². The van der Waals surface area contributed by atoms with E-state index < -0.39 is 6.10 Å². The zero-order valence-electron chi connectivity index (χ0n) is 17.3. The number of ether oxygens (including phenoxy) is 2. The topological polar surface area (TPSA) is 72.8 Å². The van der Waals surface area contributed by atoms with Gasteiger partial charge in [-0.15, -0.1) is 0 Å². The van der Waals surface area contributed by atoms with Crippen LogP contribution in [-0.2, 0) is 19.1 Å². The minimum Gasteiger partial charge on any atom is -0.462 e. The first-order valence-corrected chi connectivity index (χ1v) is 10.8. The van der Waals surface area contributed by atoms with E-state index in [2.05, 4.69) is 25.2 Å². The Balaban J connectivity index is 1.70. The van der Waals surface area contributed by atoms with Crippen LogP contribution in [0.25, 0.3) is 0 Å². The van der Waals surface area contributed by atoms with E-state index in [1.54, 1.807) is 0 Å². The molecule has 156 valence electrons. The lowest BCUT2D eigenvalue weighted by Crippen LogP contribution is -2.40. The van der Waals surface area contributed by atoms with Gasteiger partial charge in [-0.1, -0.05) is 39.0 Å². The van der Waals surface area contributed by atoms with Crippen molar-refractivity contribution in [1.82, 2.24) is 0 Å². The molecule has 1 N–H and O–H groups in total. The first kappa shape index (κ1) is 21.1. The molecule has 1 saturated heterocycles. The van der Waals surface area contributed by atoms with Gasteiger partial charge in [0.05, 0.1) is 18.4 Å². The molecule has 0 bridgehead atoms. The molecular weight excluding hydrogens is 356 g/mol. The summed E-state index contributed by atoms with van der Waals surface area (Å²) in [5, 5.41) is 9.86. The van der Waals surface area contributed by atoms with Crippen molar-refractivity contribution in [2.75, 3.05) is 0 Å². The van der Waals surface area contributed by atoms with Crippen LogP contribution in [0.4, 0.5) is 0 Å². The van der Waals surface area contributed by atoms with Crippen molar-refractivity contribution in [2.45, 2.75) is 84.0 Å². The van der Waals surface area contributed by atoms with Gasteiger partial charge in [0, 0.05) is 12.3 Å². The van der Waals surface area contributed by atoms with Crippen molar-refractivity contribution in [1.29, 1.82) is 0 Å². The predicted octanol–water partition coefficient (Wildman–Crippen LogP) is 3.95. The van der Waals surface area contributed by atoms with Gasteiger partial charge < -0.3 is 14.6 Å². The van der Waals surface area contributed by atoms with Gasteiger partial charge in [-0.2, -0.15) is 0 Å². The monoisotopic (exact) mass is 390 g/mol. The Hall–Kier alpha value is -1.62. The summed E-state index contributed by atoms with van der Waals surface area (Å²) in [5.74, 6) is 0.426. The van der Waals surface area contributed by atoms with Crippen molar-refractivity contribution in [3.63, 3.8) is 0 Å². The summed E-state index contributed by atoms with van der Waals surface area (Å²) in [7, 11) is 0. The second kappa shape index (κ2) is 9.25. The second-order valence-electron chi connectivity index (χ2n) is 8.76. The van der Waals surface area contributed by atoms with Crippen LogP contribution in [0.2, 0.25) is 0 Å². The van der Waals surface area contributed by atoms with Crippen LogP contribution in [0.3, 0.4) is 0 Å². The van der Waals surface area contributed by atoms with E-state index >= 15 is 0 Å². The molecule has 0 radical (unpaired) electrons. The van der Waals surface area contributed by atoms with Gasteiger partial charge in [0.1, 0.15) is 12.2 Å². The fraction of sp³-hybridized carbons (Fsp3) is 0.739. The Kier molecular flexibility index (Phi) is 6.97. The lowest BCUT2D eigenvalue weighted by atomic mass is 9.66. The summed E-state index contributed by atoms with van der Waals surface area (Å²) < 4.78 is 11.4. The summed E-state index contributed by atoms with van der Waals surface area (Å²) in [6, 6.07) is 0. The zero-order chi connectivity index (χ0) is 20.3. The summed E-state index contributed by atoms with van der Waals surface area (Å²) in [6.07, 6.45) is 10.6. The highest BCUT2D eigenvalue weighted by Crippen LogP contribution is 2.44. The molecule has 0 aromatic rings. The van der Waals surface area contributed by atoms with E-state index in [1.807, 2.05) is 13.8 Å². The minimum absolute atomic E-state index is 0.0764. The molecule has 0 aromatic heterocycles. The minimum atomic E-state index is -0.593. The third kappa shape index (κ3) is 4.86. The molecule has 7 atom stereocenters. The van der Waals surface area contributed by atoms with Crippen molar-refractivity contribution < 1.29 is 24.2 Å². The molecule has 1 aliphatic heterocycles. The number of allylic oxidation sites excluding steroid dienone is 3. The average molecular weight is 391 g/mol. The van der Waals surface area contributed by atoms with Crippen molar-refractivity contribution in [3.8, 4) is 0 Å². The standard InChI is InChI=1S/C23H34O5/c1-4-14(2)23(26)28-20-7-5-6-16-9-8-15(3)19(22(16)20)11-10-18-12-17(24)13-21(25)27-18/h6,8-9,14-15,17-20,22,24H,4-5,7,10-13H2,1-3H3/t14-,15+,17+,18+,19+,20+,22+/m0/s1. The SMILES string of the molecule is CC[C@H](C)C(=O)O[C@@H]1CCC=C2C=C[C@@H](C)[C@@H](CC[C@@H]3C[C@@H](O)CC(=O)O3)[C@@H]21. The highest BCUT2D eigenvalue weighted by molar-refractivity contribution is 5.72.